The van der Waals surface area contributed by atoms with Gasteiger partial charge in [-0.05, 0) is 54.9 Å². The van der Waals surface area contributed by atoms with Gasteiger partial charge >= 0.3 is 0 Å². The Kier molecular flexibility index (Phi) is 5.52. The number of hydrogen-bond donors (Lipinski definition) is 1. The number of benzene rings is 1. The standard InChI is InChI=1S/C18H20FN3O2S2/c1-13-4-5-15(9-17(13)19)21-18(25)22(11-14-3-2-7-20-10-14)16-6-8-26(23,24)12-16/h2-5,7,9-10,16H,6,8,11-12H2,1H3,(H,21,25)/t16-/m0/s1. The van der Waals surface area contributed by atoms with Crippen molar-refractivity contribution in [3.05, 3.63) is 59.7 Å². The molecule has 0 radical (unpaired) electrons. The highest BCUT2D eigenvalue weighted by atomic mass is 32.2. The topological polar surface area (TPSA) is 62.3 Å². The number of anilines is 1. The van der Waals surface area contributed by atoms with Gasteiger partial charge in [0.15, 0.2) is 14.9 Å². The molecule has 0 aliphatic carbocycles. The Labute approximate surface area is 158 Å². The Balaban J connectivity index is 1.81. The number of pyridine rings is 1. The normalized spacial score (nSPS) is 18.5. The number of aryl methyl sites for hydroxylation is 1. The number of thiocarbonyl (C=S) groups is 1. The van der Waals surface area contributed by atoms with Crippen molar-refractivity contribution in [2.45, 2.75) is 25.9 Å². The predicted molar refractivity (Wildman–Crippen MR) is 104 cm³/mol. The molecule has 0 spiro atoms. The number of sulfone groups is 1. The van der Waals surface area contributed by atoms with Crippen molar-refractivity contribution in [3.63, 3.8) is 0 Å². The Bertz CT molecular complexity index is 904. The maximum Gasteiger partial charge on any atom is 0.174 e. The van der Waals surface area contributed by atoms with E-state index >= 15 is 0 Å². The minimum Gasteiger partial charge on any atom is -0.341 e. The Hall–Kier alpha value is -2.06. The van der Waals surface area contributed by atoms with Crippen molar-refractivity contribution in [1.82, 2.24) is 9.88 Å². The summed E-state index contributed by atoms with van der Waals surface area (Å²) in [5.41, 5.74) is 2.02. The van der Waals surface area contributed by atoms with Gasteiger partial charge in [-0.1, -0.05) is 12.1 Å². The number of nitrogens with zero attached hydrogens (tertiary/aromatic N) is 2. The summed E-state index contributed by atoms with van der Waals surface area (Å²) in [7, 11) is -3.06. The van der Waals surface area contributed by atoms with Crippen LogP contribution in [0.25, 0.3) is 0 Å². The van der Waals surface area contributed by atoms with Crippen LogP contribution in [0.5, 0.6) is 0 Å². The summed E-state index contributed by atoms with van der Waals surface area (Å²) in [5, 5.41) is 3.41. The first-order valence-electron chi connectivity index (χ1n) is 8.27. The molecule has 1 saturated heterocycles. The molecule has 138 valence electrons. The molecule has 26 heavy (non-hydrogen) atoms. The smallest absolute Gasteiger partial charge is 0.174 e. The molecule has 1 aliphatic heterocycles. The Morgan fingerprint density at radius 2 is 2.23 bits per heavy atom. The molecule has 1 aromatic carbocycles. The van der Waals surface area contributed by atoms with Gasteiger partial charge < -0.3 is 10.2 Å². The van der Waals surface area contributed by atoms with Crippen molar-refractivity contribution < 1.29 is 12.8 Å². The summed E-state index contributed by atoms with van der Waals surface area (Å²) in [6.07, 6.45) is 3.93. The molecule has 1 aromatic heterocycles. The van der Waals surface area contributed by atoms with E-state index in [-0.39, 0.29) is 23.4 Å². The van der Waals surface area contributed by atoms with Gasteiger partial charge in [0, 0.05) is 30.7 Å². The molecule has 1 fully saturated rings. The van der Waals surface area contributed by atoms with Crippen LogP contribution in [0.4, 0.5) is 10.1 Å². The minimum atomic E-state index is -3.06. The van der Waals surface area contributed by atoms with Crippen LogP contribution < -0.4 is 5.32 Å². The first-order chi connectivity index (χ1) is 12.3. The third kappa shape index (κ3) is 4.56. The second-order valence-electron chi connectivity index (χ2n) is 6.44. The van der Waals surface area contributed by atoms with E-state index in [0.717, 1.165) is 5.56 Å². The van der Waals surface area contributed by atoms with Crippen molar-refractivity contribution in [3.8, 4) is 0 Å². The highest BCUT2D eigenvalue weighted by molar-refractivity contribution is 7.91. The van der Waals surface area contributed by atoms with Crippen molar-refractivity contribution >= 4 is 32.9 Å². The van der Waals surface area contributed by atoms with E-state index in [0.29, 0.717) is 29.3 Å². The van der Waals surface area contributed by atoms with Gasteiger partial charge in [-0.25, -0.2) is 12.8 Å². The van der Waals surface area contributed by atoms with E-state index in [1.54, 1.807) is 31.5 Å². The van der Waals surface area contributed by atoms with Gasteiger partial charge in [0.1, 0.15) is 5.82 Å². The van der Waals surface area contributed by atoms with Crippen molar-refractivity contribution in [2.75, 3.05) is 16.8 Å². The molecule has 1 N–H and O–H groups in total. The first-order valence-corrected chi connectivity index (χ1v) is 10.5. The molecule has 0 unspecified atom stereocenters. The molecule has 3 rings (SSSR count). The molecule has 1 atom stereocenters. The van der Waals surface area contributed by atoms with Crippen LogP contribution in [0.2, 0.25) is 0 Å². The van der Waals surface area contributed by atoms with E-state index in [9.17, 15) is 12.8 Å². The fraction of sp³-hybridized carbons (Fsp3) is 0.333. The monoisotopic (exact) mass is 393 g/mol. The van der Waals surface area contributed by atoms with Crippen molar-refractivity contribution in [2.24, 2.45) is 0 Å². The van der Waals surface area contributed by atoms with Gasteiger partial charge in [-0.2, -0.15) is 0 Å². The molecule has 1 aliphatic rings. The number of nitrogens with one attached hydrogen (secondary N) is 1. The lowest BCUT2D eigenvalue weighted by atomic mass is 10.2. The third-order valence-corrected chi connectivity index (χ3v) is 6.50. The first kappa shape index (κ1) is 18.7. The number of halogens is 1. The second kappa shape index (κ2) is 7.67. The summed E-state index contributed by atoms with van der Waals surface area (Å²) in [5.74, 6) is -0.0969. The quantitative estimate of drug-likeness (QED) is 0.806. The molecule has 5 nitrogen and oxygen atoms in total. The van der Waals surface area contributed by atoms with Gasteiger partial charge in [-0.3, -0.25) is 4.98 Å². The summed E-state index contributed by atoms with van der Waals surface area (Å²) < 4.78 is 37.6. The molecule has 0 amide bonds. The van der Waals surface area contributed by atoms with E-state index in [1.807, 2.05) is 17.0 Å². The Morgan fingerprint density at radius 3 is 2.85 bits per heavy atom. The second-order valence-corrected chi connectivity index (χ2v) is 9.06. The summed E-state index contributed by atoms with van der Waals surface area (Å²) >= 11 is 5.52. The van der Waals surface area contributed by atoms with Crippen LogP contribution in [-0.4, -0.2) is 41.0 Å². The number of rotatable bonds is 4. The minimum absolute atomic E-state index is 0.0668. The summed E-state index contributed by atoms with van der Waals surface area (Å²) in [6.45, 7) is 2.13. The molecular formula is C18H20FN3O2S2. The molecule has 0 saturated carbocycles. The van der Waals surface area contributed by atoms with E-state index in [1.165, 1.54) is 6.07 Å². The fourth-order valence-electron chi connectivity index (χ4n) is 2.94. The molecule has 0 bridgehead atoms. The number of hydrogen-bond acceptors (Lipinski definition) is 4. The third-order valence-electron chi connectivity index (χ3n) is 4.41. The Morgan fingerprint density at radius 1 is 1.42 bits per heavy atom. The van der Waals surface area contributed by atoms with Crippen LogP contribution in [0.15, 0.2) is 42.7 Å². The maximum atomic E-state index is 13.8. The van der Waals surface area contributed by atoms with Gasteiger partial charge in [-0.15, -0.1) is 0 Å². The summed E-state index contributed by atoms with van der Waals surface area (Å²) in [4.78, 5) is 5.96. The average molecular weight is 394 g/mol. The largest absolute Gasteiger partial charge is 0.341 e. The molecule has 8 heteroatoms. The highest BCUT2D eigenvalue weighted by Gasteiger charge is 2.33. The lowest BCUT2D eigenvalue weighted by molar-refractivity contribution is 0.332. The zero-order valence-corrected chi connectivity index (χ0v) is 16.0. The molecule has 2 aromatic rings. The summed E-state index contributed by atoms with van der Waals surface area (Å²) in [6, 6.07) is 8.33. The predicted octanol–water partition coefficient (Wildman–Crippen LogP) is 2.92. The SMILES string of the molecule is Cc1ccc(NC(=S)N(Cc2cccnc2)[C@H]2CCS(=O)(=O)C2)cc1F. The van der Waals surface area contributed by atoms with Crippen LogP contribution in [0.1, 0.15) is 17.5 Å². The average Bonchev–Trinajstić information content (AvgIpc) is 2.96. The lowest BCUT2D eigenvalue weighted by Crippen LogP contribution is -2.43. The van der Waals surface area contributed by atoms with Crippen LogP contribution >= 0.6 is 12.2 Å². The van der Waals surface area contributed by atoms with Gasteiger partial charge in [0.2, 0.25) is 0 Å². The lowest BCUT2D eigenvalue weighted by Gasteiger charge is -2.31. The molecule has 2 heterocycles. The zero-order valence-electron chi connectivity index (χ0n) is 14.4. The fourth-order valence-corrected chi connectivity index (χ4v) is 5.00. The van der Waals surface area contributed by atoms with E-state index in [2.05, 4.69) is 10.3 Å². The van der Waals surface area contributed by atoms with E-state index < -0.39 is 9.84 Å². The maximum absolute atomic E-state index is 13.8. The van der Waals surface area contributed by atoms with Crippen molar-refractivity contribution in [1.29, 1.82) is 0 Å². The van der Waals surface area contributed by atoms with Gasteiger partial charge in [0.25, 0.3) is 0 Å². The molecular weight excluding hydrogens is 373 g/mol. The van der Waals surface area contributed by atoms with Crippen LogP contribution in [-0.2, 0) is 16.4 Å². The van der Waals surface area contributed by atoms with Crippen LogP contribution in [0.3, 0.4) is 0 Å². The number of aromatic nitrogens is 1. The highest BCUT2D eigenvalue weighted by Crippen LogP contribution is 2.22. The van der Waals surface area contributed by atoms with Crippen LogP contribution in [0, 0.1) is 12.7 Å². The van der Waals surface area contributed by atoms with Gasteiger partial charge in [0.05, 0.1) is 11.5 Å². The van der Waals surface area contributed by atoms with E-state index in [4.69, 9.17) is 12.2 Å². The zero-order chi connectivity index (χ0) is 18.7.